The number of fused-ring (bicyclic) bond motifs is 2. The smallest absolute Gasteiger partial charge is 0.286 e. The number of ether oxygens (including phenoxy) is 1. The molecule has 0 aliphatic carbocycles. The molecule has 0 aliphatic rings. The molecule has 4 aromatic rings. The Kier molecular flexibility index (Phi) is 6.06. The Morgan fingerprint density at radius 3 is 2.87 bits per heavy atom. The molecule has 0 fully saturated rings. The second kappa shape index (κ2) is 8.73. The average Bonchev–Trinajstić information content (AvgIpc) is 3.05. The summed E-state index contributed by atoms with van der Waals surface area (Å²) in [5, 5.41) is 1.26. The van der Waals surface area contributed by atoms with Crippen LogP contribution in [0.2, 0.25) is 10.0 Å². The molecule has 0 N–H and O–H groups in total. The fourth-order valence-corrected chi connectivity index (χ4v) is 4.93. The number of amides is 1. The number of carbonyl (C=O) groups excluding carboxylic acids is 1. The summed E-state index contributed by atoms with van der Waals surface area (Å²) in [5.74, 6) is -0.687. The topological polar surface area (TPSA) is 73.8 Å². The molecule has 2 heterocycles. The summed E-state index contributed by atoms with van der Waals surface area (Å²) >= 11 is 13.8. The van der Waals surface area contributed by atoms with Gasteiger partial charge in [0.05, 0.1) is 27.2 Å². The molecular weight excluding hydrogens is 447 g/mol. The monoisotopic (exact) mass is 462 g/mol. The van der Waals surface area contributed by atoms with Gasteiger partial charge >= 0.3 is 0 Å². The molecule has 30 heavy (non-hydrogen) atoms. The maximum absolute atomic E-state index is 12.9. The van der Waals surface area contributed by atoms with E-state index in [4.69, 9.17) is 32.4 Å². The zero-order valence-electron chi connectivity index (χ0n) is 15.9. The van der Waals surface area contributed by atoms with Gasteiger partial charge in [-0.3, -0.25) is 9.59 Å². The number of aromatic nitrogens is 1. The van der Waals surface area contributed by atoms with Gasteiger partial charge in [-0.15, -0.1) is 0 Å². The number of hydrogen-bond acceptors (Lipinski definition) is 5. The highest BCUT2D eigenvalue weighted by Crippen LogP contribution is 2.29. The Morgan fingerprint density at radius 2 is 2.07 bits per heavy atom. The number of thiazole rings is 1. The van der Waals surface area contributed by atoms with Gasteiger partial charge in [0, 0.05) is 18.2 Å². The minimum atomic E-state index is -0.687. The predicted octanol–water partition coefficient (Wildman–Crippen LogP) is 4.89. The Morgan fingerprint density at radius 1 is 1.27 bits per heavy atom. The average molecular weight is 463 g/mol. The standard InChI is InChI=1S/C21H16Cl2N2O4S/c1-2-28-8-7-25-18-15(23)9-12(22)10-17(18)30-21(25)24-20(27)14-11-29-16-6-4-3-5-13(16)19(14)26/h3-6,9-11H,2,7-8H2,1H3. The quantitative estimate of drug-likeness (QED) is 0.395. The molecule has 0 aliphatic heterocycles. The van der Waals surface area contributed by atoms with Crippen LogP contribution in [-0.4, -0.2) is 23.7 Å². The maximum atomic E-state index is 12.9. The lowest BCUT2D eigenvalue weighted by Crippen LogP contribution is -2.21. The van der Waals surface area contributed by atoms with E-state index in [9.17, 15) is 9.59 Å². The molecule has 2 aromatic carbocycles. The number of hydrogen-bond donors (Lipinski definition) is 0. The molecule has 0 bridgehead atoms. The third kappa shape index (κ3) is 3.94. The molecule has 9 heteroatoms. The van der Waals surface area contributed by atoms with Crippen molar-refractivity contribution in [3.05, 3.63) is 73.3 Å². The molecule has 154 valence electrons. The predicted molar refractivity (Wildman–Crippen MR) is 119 cm³/mol. The van der Waals surface area contributed by atoms with Gasteiger partial charge in [0.15, 0.2) is 4.80 Å². The maximum Gasteiger partial charge on any atom is 0.286 e. The molecule has 0 unspecified atom stereocenters. The van der Waals surface area contributed by atoms with Crippen molar-refractivity contribution in [3.63, 3.8) is 0 Å². The van der Waals surface area contributed by atoms with Gasteiger partial charge in [-0.2, -0.15) is 4.99 Å². The molecule has 0 radical (unpaired) electrons. The number of carbonyl (C=O) groups is 1. The molecule has 0 saturated heterocycles. The van der Waals surface area contributed by atoms with Crippen LogP contribution in [0.15, 0.2) is 56.9 Å². The van der Waals surface area contributed by atoms with Crippen LogP contribution in [0.3, 0.4) is 0 Å². The fourth-order valence-electron chi connectivity index (χ4n) is 3.09. The van der Waals surface area contributed by atoms with Crippen LogP contribution in [0, 0.1) is 0 Å². The molecule has 0 saturated carbocycles. The highest BCUT2D eigenvalue weighted by molar-refractivity contribution is 7.16. The Labute approximate surface area is 184 Å². The highest BCUT2D eigenvalue weighted by atomic mass is 35.5. The van der Waals surface area contributed by atoms with Crippen molar-refractivity contribution in [2.75, 3.05) is 13.2 Å². The number of benzene rings is 2. The van der Waals surface area contributed by atoms with Gasteiger partial charge in [-0.05, 0) is 31.2 Å². The molecule has 1 amide bonds. The van der Waals surface area contributed by atoms with Crippen LogP contribution in [0.1, 0.15) is 17.3 Å². The summed E-state index contributed by atoms with van der Waals surface area (Å²) in [5.41, 5.74) is 0.567. The zero-order chi connectivity index (χ0) is 21.3. The summed E-state index contributed by atoms with van der Waals surface area (Å²) < 4.78 is 13.5. The first kappa shape index (κ1) is 20.8. The fraction of sp³-hybridized carbons (Fsp3) is 0.190. The highest BCUT2D eigenvalue weighted by Gasteiger charge is 2.16. The Balaban J connectivity index is 1.86. The van der Waals surface area contributed by atoms with E-state index in [-0.39, 0.29) is 5.56 Å². The summed E-state index contributed by atoms with van der Waals surface area (Å²) in [6.45, 7) is 3.32. The van der Waals surface area contributed by atoms with Crippen LogP contribution in [0.4, 0.5) is 0 Å². The minimum absolute atomic E-state index is 0.133. The SMILES string of the molecule is CCOCCn1c(=NC(=O)c2coc3ccccc3c2=O)sc2cc(Cl)cc(Cl)c21. The third-order valence-corrected chi connectivity index (χ3v) is 6.00. The van der Waals surface area contributed by atoms with E-state index in [1.165, 1.54) is 11.3 Å². The number of nitrogens with zero attached hydrogens (tertiary/aromatic N) is 2. The third-order valence-electron chi connectivity index (χ3n) is 4.47. The van der Waals surface area contributed by atoms with Crippen LogP contribution >= 0.6 is 34.5 Å². The van der Waals surface area contributed by atoms with E-state index in [0.29, 0.717) is 51.1 Å². The van der Waals surface area contributed by atoms with Gasteiger partial charge in [0.25, 0.3) is 5.91 Å². The van der Waals surface area contributed by atoms with Crippen LogP contribution in [0.25, 0.3) is 21.2 Å². The van der Waals surface area contributed by atoms with Gasteiger partial charge in [-0.25, -0.2) is 0 Å². The summed E-state index contributed by atoms with van der Waals surface area (Å²) in [7, 11) is 0. The number of rotatable bonds is 5. The lowest BCUT2D eigenvalue weighted by molar-refractivity contribution is 0.0994. The van der Waals surface area contributed by atoms with Crippen molar-refractivity contribution < 1.29 is 13.9 Å². The largest absolute Gasteiger partial charge is 0.463 e. The first-order chi connectivity index (χ1) is 14.5. The molecule has 4 rings (SSSR count). The Bertz CT molecular complexity index is 1390. The summed E-state index contributed by atoms with van der Waals surface area (Å²) in [6.07, 6.45) is 1.15. The first-order valence-electron chi connectivity index (χ1n) is 9.15. The van der Waals surface area contributed by atoms with Crippen molar-refractivity contribution in [3.8, 4) is 0 Å². The summed E-state index contributed by atoms with van der Waals surface area (Å²) in [4.78, 5) is 30.2. The minimum Gasteiger partial charge on any atom is -0.463 e. The van der Waals surface area contributed by atoms with Crippen molar-refractivity contribution >= 4 is 61.6 Å². The first-order valence-corrected chi connectivity index (χ1v) is 10.7. The second-order valence-corrected chi connectivity index (χ2v) is 8.21. The molecule has 0 spiro atoms. The van der Waals surface area contributed by atoms with Crippen LogP contribution < -0.4 is 10.2 Å². The van der Waals surface area contributed by atoms with Gasteiger partial charge < -0.3 is 13.7 Å². The summed E-state index contributed by atoms with van der Waals surface area (Å²) in [6, 6.07) is 10.1. The van der Waals surface area contributed by atoms with Crippen LogP contribution in [-0.2, 0) is 11.3 Å². The molecule has 2 aromatic heterocycles. The normalized spacial score (nSPS) is 12.2. The Hall–Kier alpha value is -2.45. The molecule has 0 atom stereocenters. The van der Waals surface area contributed by atoms with E-state index in [0.717, 1.165) is 11.0 Å². The van der Waals surface area contributed by atoms with Crippen molar-refractivity contribution in [1.29, 1.82) is 0 Å². The van der Waals surface area contributed by atoms with Gasteiger partial charge in [-0.1, -0.05) is 46.7 Å². The second-order valence-electron chi connectivity index (χ2n) is 6.36. The van der Waals surface area contributed by atoms with E-state index in [2.05, 4.69) is 4.99 Å². The van der Waals surface area contributed by atoms with E-state index < -0.39 is 11.3 Å². The van der Waals surface area contributed by atoms with Crippen LogP contribution in [0.5, 0.6) is 0 Å². The van der Waals surface area contributed by atoms with E-state index >= 15 is 0 Å². The number of halogens is 2. The van der Waals surface area contributed by atoms with E-state index in [1.807, 2.05) is 6.92 Å². The zero-order valence-corrected chi connectivity index (χ0v) is 18.2. The lowest BCUT2D eigenvalue weighted by Gasteiger charge is -2.07. The molecular formula is C21H16Cl2N2O4S. The van der Waals surface area contributed by atoms with Crippen molar-refractivity contribution in [1.82, 2.24) is 4.57 Å². The van der Waals surface area contributed by atoms with Crippen molar-refractivity contribution in [2.24, 2.45) is 4.99 Å². The van der Waals surface area contributed by atoms with E-state index in [1.54, 1.807) is 41.0 Å². The van der Waals surface area contributed by atoms with Gasteiger partial charge in [0.1, 0.15) is 17.4 Å². The molecule has 6 nitrogen and oxygen atoms in total. The lowest BCUT2D eigenvalue weighted by atomic mass is 10.2. The van der Waals surface area contributed by atoms with Crippen molar-refractivity contribution in [2.45, 2.75) is 13.5 Å². The van der Waals surface area contributed by atoms with Gasteiger partial charge in [0.2, 0.25) is 5.43 Å². The number of para-hydroxylation sites is 1.